The number of alkyl halides is 3. The number of aryl methyl sites for hydroxylation is 2. The van der Waals surface area contributed by atoms with Crippen LogP contribution in [0.3, 0.4) is 0 Å². The van der Waals surface area contributed by atoms with Crippen LogP contribution in [0, 0.1) is 0 Å². The van der Waals surface area contributed by atoms with Crippen LogP contribution in [0.2, 0.25) is 0 Å². The molecule has 0 radical (unpaired) electrons. The zero-order valence-corrected chi connectivity index (χ0v) is 18.8. The van der Waals surface area contributed by atoms with Gasteiger partial charge in [0.05, 0.1) is 27.9 Å². The van der Waals surface area contributed by atoms with E-state index in [4.69, 9.17) is 9.88 Å². The fourth-order valence-electron chi connectivity index (χ4n) is 3.26. The highest BCUT2D eigenvalue weighted by atomic mass is 32.2. The summed E-state index contributed by atoms with van der Waals surface area (Å²) in [6, 6.07) is 10.3. The number of sulfonamides is 1. The lowest BCUT2D eigenvalue weighted by Gasteiger charge is -2.10. The highest BCUT2D eigenvalue weighted by Gasteiger charge is 2.30. The summed E-state index contributed by atoms with van der Waals surface area (Å²) >= 11 is 0. The molecule has 0 spiro atoms. The molecule has 2 aromatic carbocycles. The summed E-state index contributed by atoms with van der Waals surface area (Å²) in [6.07, 6.45) is -2.86. The Bertz CT molecular complexity index is 1430. The second-order valence-electron chi connectivity index (χ2n) is 7.39. The average Bonchev–Trinajstić information content (AvgIpc) is 3.33. The van der Waals surface area contributed by atoms with E-state index < -0.39 is 21.8 Å². The van der Waals surface area contributed by atoms with Crippen molar-refractivity contribution in [1.29, 1.82) is 0 Å². The molecule has 178 valence electrons. The van der Waals surface area contributed by atoms with E-state index in [0.717, 1.165) is 12.1 Å². The van der Waals surface area contributed by atoms with Gasteiger partial charge >= 0.3 is 6.18 Å². The minimum Gasteiger partial charge on any atom is -0.487 e. The van der Waals surface area contributed by atoms with Crippen molar-refractivity contribution in [3.8, 4) is 28.5 Å². The Balaban J connectivity index is 1.57. The molecule has 13 heteroatoms. The summed E-state index contributed by atoms with van der Waals surface area (Å²) in [5.41, 5.74) is 1.06. The van der Waals surface area contributed by atoms with Crippen LogP contribution in [0.4, 0.5) is 13.2 Å². The summed E-state index contributed by atoms with van der Waals surface area (Å²) in [7, 11) is -0.427. The fraction of sp³-hybridized carbons (Fsp3) is 0.190. The van der Waals surface area contributed by atoms with Gasteiger partial charge < -0.3 is 4.74 Å². The molecule has 0 saturated carbocycles. The summed E-state index contributed by atoms with van der Waals surface area (Å²) in [4.78, 5) is 4.53. The van der Waals surface area contributed by atoms with E-state index in [9.17, 15) is 21.6 Å². The monoisotopic (exact) mass is 492 g/mol. The van der Waals surface area contributed by atoms with Gasteiger partial charge in [-0.2, -0.15) is 23.4 Å². The molecule has 4 aromatic rings. The molecule has 0 unspecified atom stereocenters. The molecule has 0 amide bonds. The van der Waals surface area contributed by atoms with Gasteiger partial charge in [0.2, 0.25) is 10.0 Å². The number of halogens is 3. The molecule has 0 atom stereocenters. The van der Waals surface area contributed by atoms with Crippen molar-refractivity contribution in [2.45, 2.75) is 17.7 Å². The van der Waals surface area contributed by atoms with Crippen molar-refractivity contribution in [3.05, 3.63) is 66.0 Å². The molecule has 4 rings (SSSR count). The van der Waals surface area contributed by atoms with Crippen LogP contribution in [-0.4, -0.2) is 33.0 Å². The topological polar surface area (TPSA) is 118 Å². The number of rotatable bonds is 6. The van der Waals surface area contributed by atoms with Crippen molar-refractivity contribution in [2.75, 3.05) is 0 Å². The molecule has 9 nitrogen and oxygen atoms in total. The first kappa shape index (κ1) is 23.4. The van der Waals surface area contributed by atoms with Crippen molar-refractivity contribution < 1.29 is 26.3 Å². The molecular weight excluding hydrogens is 473 g/mol. The summed E-state index contributed by atoms with van der Waals surface area (Å²) < 4.78 is 70.0. The minimum absolute atomic E-state index is 0.0198. The second-order valence-corrected chi connectivity index (χ2v) is 8.95. The van der Waals surface area contributed by atoms with Crippen molar-refractivity contribution in [1.82, 2.24) is 24.5 Å². The van der Waals surface area contributed by atoms with Gasteiger partial charge in [-0.05, 0) is 48.5 Å². The van der Waals surface area contributed by atoms with Gasteiger partial charge in [0.15, 0.2) is 11.6 Å². The molecule has 0 aliphatic carbocycles. The zero-order valence-electron chi connectivity index (χ0n) is 18.0. The lowest BCUT2D eigenvalue weighted by atomic mass is 10.2. The highest BCUT2D eigenvalue weighted by Crippen LogP contribution is 2.31. The van der Waals surface area contributed by atoms with Crippen LogP contribution < -0.4 is 9.88 Å². The van der Waals surface area contributed by atoms with Gasteiger partial charge in [-0.3, -0.25) is 4.68 Å². The van der Waals surface area contributed by atoms with Gasteiger partial charge in [-0.25, -0.2) is 23.2 Å². The Labute approximate surface area is 192 Å². The van der Waals surface area contributed by atoms with Crippen molar-refractivity contribution >= 4 is 10.0 Å². The van der Waals surface area contributed by atoms with E-state index in [0.29, 0.717) is 28.5 Å². The van der Waals surface area contributed by atoms with Gasteiger partial charge in [-0.1, -0.05) is 0 Å². The number of hydrogen-bond donors (Lipinski definition) is 1. The van der Waals surface area contributed by atoms with Crippen LogP contribution in [0.5, 0.6) is 5.75 Å². The maximum atomic E-state index is 12.8. The number of benzene rings is 2. The number of aromatic nitrogens is 5. The van der Waals surface area contributed by atoms with Crippen molar-refractivity contribution in [3.63, 3.8) is 0 Å². The van der Waals surface area contributed by atoms with Gasteiger partial charge in [0.1, 0.15) is 12.4 Å². The third-order valence-electron chi connectivity index (χ3n) is 5.06. The maximum Gasteiger partial charge on any atom is 0.416 e. The summed E-state index contributed by atoms with van der Waals surface area (Å²) in [5, 5.41) is 13.8. The van der Waals surface area contributed by atoms with Crippen molar-refractivity contribution in [2.24, 2.45) is 19.2 Å². The number of primary sulfonamides is 1. The van der Waals surface area contributed by atoms with E-state index in [-0.39, 0.29) is 17.3 Å². The normalized spacial score (nSPS) is 12.2. The Hall–Kier alpha value is -3.71. The first-order chi connectivity index (χ1) is 15.9. The van der Waals surface area contributed by atoms with E-state index >= 15 is 0 Å². The van der Waals surface area contributed by atoms with Crippen LogP contribution >= 0.6 is 0 Å². The highest BCUT2D eigenvalue weighted by molar-refractivity contribution is 7.89. The number of ether oxygens (including phenoxy) is 1. The van der Waals surface area contributed by atoms with Crippen LogP contribution in [0.15, 0.2) is 59.6 Å². The summed E-state index contributed by atoms with van der Waals surface area (Å²) in [5.74, 6) is 1.10. The second kappa shape index (κ2) is 8.57. The first-order valence-electron chi connectivity index (χ1n) is 9.79. The van der Waals surface area contributed by atoms with E-state index in [1.165, 1.54) is 28.9 Å². The Morgan fingerprint density at radius 2 is 1.65 bits per heavy atom. The largest absolute Gasteiger partial charge is 0.487 e. The number of nitrogens with two attached hydrogens (primary N) is 1. The number of nitrogens with zero attached hydrogens (tertiary/aromatic N) is 5. The molecule has 0 fully saturated rings. The predicted molar refractivity (Wildman–Crippen MR) is 116 cm³/mol. The van der Waals surface area contributed by atoms with Gasteiger partial charge in [0, 0.05) is 19.7 Å². The zero-order chi connectivity index (χ0) is 24.7. The van der Waals surface area contributed by atoms with Crippen LogP contribution in [-0.2, 0) is 36.9 Å². The Kier molecular flexibility index (Phi) is 5.91. The predicted octanol–water partition coefficient (Wildman–Crippen LogP) is 3.13. The Morgan fingerprint density at radius 3 is 2.24 bits per heavy atom. The van der Waals surface area contributed by atoms with E-state index in [1.807, 2.05) is 0 Å². The first-order valence-corrected chi connectivity index (χ1v) is 11.3. The Morgan fingerprint density at radius 1 is 1.00 bits per heavy atom. The third-order valence-corrected chi connectivity index (χ3v) is 5.99. The molecule has 0 saturated heterocycles. The van der Waals surface area contributed by atoms with E-state index in [1.54, 1.807) is 37.1 Å². The maximum absolute atomic E-state index is 12.8. The molecule has 2 aromatic heterocycles. The molecule has 0 aliphatic heterocycles. The smallest absolute Gasteiger partial charge is 0.416 e. The molecule has 0 bridgehead atoms. The standard InChI is InChI=1S/C21H19F3N6O3S/c1-29-18(12-33-15-7-5-14(6-8-15)21(22,23)24)17(11-26-29)19-27-20(30(2)28-19)13-3-9-16(10-4-13)34(25,31)32/h3-11H,12H2,1-2H3,(H2,25,31,32). The lowest BCUT2D eigenvalue weighted by molar-refractivity contribution is -0.137. The summed E-state index contributed by atoms with van der Waals surface area (Å²) in [6.45, 7) is 0.0217. The molecule has 2 N–H and O–H groups in total. The molecule has 0 aliphatic rings. The van der Waals surface area contributed by atoms with Crippen LogP contribution in [0.1, 0.15) is 11.3 Å². The lowest BCUT2D eigenvalue weighted by Crippen LogP contribution is -2.11. The molecule has 2 heterocycles. The van der Waals surface area contributed by atoms with E-state index in [2.05, 4.69) is 15.2 Å². The number of hydrogen-bond acceptors (Lipinski definition) is 6. The van der Waals surface area contributed by atoms with Crippen LogP contribution in [0.25, 0.3) is 22.8 Å². The minimum atomic E-state index is -4.42. The SMILES string of the molecule is Cn1nc(-c2cnn(C)c2COc2ccc(C(F)(F)F)cc2)nc1-c1ccc(S(N)(=O)=O)cc1. The third kappa shape index (κ3) is 4.79. The fourth-order valence-corrected chi connectivity index (χ4v) is 3.77. The molecular formula is C21H19F3N6O3S. The van der Waals surface area contributed by atoms with Gasteiger partial charge in [0.25, 0.3) is 0 Å². The molecule has 34 heavy (non-hydrogen) atoms. The van der Waals surface area contributed by atoms with Gasteiger partial charge in [-0.15, -0.1) is 0 Å². The average molecular weight is 492 g/mol. The quantitative estimate of drug-likeness (QED) is 0.442.